The molecule has 0 aliphatic carbocycles. The van der Waals surface area contributed by atoms with Crippen molar-refractivity contribution >= 4 is 15.9 Å². The molecule has 8 nitrogen and oxygen atoms in total. The van der Waals surface area contributed by atoms with Crippen LogP contribution in [0.4, 0.5) is 0 Å². The van der Waals surface area contributed by atoms with Gasteiger partial charge in [-0.05, 0) is 19.1 Å². The van der Waals surface area contributed by atoms with E-state index in [2.05, 4.69) is 0 Å². The van der Waals surface area contributed by atoms with Crippen LogP contribution in [0.15, 0.2) is 23.1 Å². The maximum Gasteiger partial charge on any atom is 0.243 e. The molecule has 1 saturated heterocycles. The Morgan fingerprint density at radius 1 is 1.12 bits per heavy atom. The lowest BCUT2D eigenvalue weighted by atomic mass is 10.2. The normalized spacial score (nSPS) is 18.1. The molecule has 2 N–H and O–H groups in total. The zero-order chi connectivity index (χ0) is 17.9. The number of carbonyl (C=O) groups excluding carboxylic acids is 1. The quantitative estimate of drug-likeness (QED) is 0.762. The molecule has 1 fully saturated rings. The van der Waals surface area contributed by atoms with Gasteiger partial charge in [-0.3, -0.25) is 9.69 Å². The fourth-order valence-corrected chi connectivity index (χ4v) is 4.08. The summed E-state index contributed by atoms with van der Waals surface area (Å²) in [5, 5.41) is 0. The van der Waals surface area contributed by atoms with E-state index in [1.165, 1.54) is 30.7 Å². The Hall–Kier alpha value is -1.84. The van der Waals surface area contributed by atoms with Crippen molar-refractivity contribution in [3.8, 4) is 11.5 Å². The molecular formula is C15H23N3O5S. The molecule has 0 radical (unpaired) electrons. The average molecular weight is 357 g/mol. The third-order valence-corrected chi connectivity index (χ3v) is 6.12. The van der Waals surface area contributed by atoms with Gasteiger partial charge in [0.05, 0.1) is 25.2 Å². The van der Waals surface area contributed by atoms with Crippen LogP contribution in [0.5, 0.6) is 11.5 Å². The molecule has 134 valence electrons. The fourth-order valence-electron chi connectivity index (χ4n) is 2.64. The van der Waals surface area contributed by atoms with Gasteiger partial charge in [0.25, 0.3) is 0 Å². The van der Waals surface area contributed by atoms with Gasteiger partial charge in [0.1, 0.15) is 0 Å². The van der Waals surface area contributed by atoms with Gasteiger partial charge in [0.15, 0.2) is 11.5 Å². The highest BCUT2D eigenvalue weighted by Gasteiger charge is 2.31. The van der Waals surface area contributed by atoms with Gasteiger partial charge in [-0.25, -0.2) is 8.42 Å². The largest absolute Gasteiger partial charge is 0.493 e. The van der Waals surface area contributed by atoms with Gasteiger partial charge in [-0.15, -0.1) is 0 Å². The summed E-state index contributed by atoms with van der Waals surface area (Å²) in [6.07, 6.45) is 0. The lowest BCUT2D eigenvalue weighted by Crippen LogP contribution is -2.54. The number of benzene rings is 1. The number of carbonyl (C=O) groups is 1. The first-order valence-corrected chi connectivity index (χ1v) is 9.00. The molecule has 0 bridgehead atoms. The molecule has 1 heterocycles. The predicted molar refractivity (Wildman–Crippen MR) is 88.5 cm³/mol. The van der Waals surface area contributed by atoms with Gasteiger partial charge in [0, 0.05) is 32.2 Å². The number of nitrogens with two attached hydrogens (primary N) is 1. The molecule has 9 heteroatoms. The first-order chi connectivity index (χ1) is 11.3. The summed E-state index contributed by atoms with van der Waals surface area (Å²) < 4.78 is 37.3. The van der Waals surface area contributed by atoms with Crippen LogP contribution >= 0.6 is 0 Å². The first-order valence-electron chi connectivity index (χ1n) is 7.56. The summed E-state index contributed by atoms with van der Waals surface area (Å²) in [6, 6.07) is 4.11. The van der Waals surface area contributed by atoms with E-state index in [1.807, 2.05) is 4.90 Å². The van der Waals surface area contributed by atoms with Crippen LogP contribution in [0.25, 0.3) is 0 Å². The molecule has 24 heavy (non-hydrogen) atoms. The molecule has 1 aliphatic rings. The molecule has 1 unspecified atom stereocenters. The number of amides is 1. The smallest absolute Gasteiger partial charge is 0.243 e. The van der Waals surface area contributed by atoms with Crippen LogP contribution < -0.4 is 15.2 Å². The highest BCUT2D eigenvalue weighted by Crippen LogP contribution is 2.30. The van der Waals surface area contributed by atoms with Gasteiger partial charge >= 0.3 is 0 Å². The van der Waals surface area contributed by atoms with Crippen molar-refractivity contribution < 1.29 is 22.7 Å². The minimum Gasteiger partial charge on any atom is -0.493 e. The summed E-state index contributed by atoms with van der Waals surface area (Å²) in [7, 11) is -0.686. The standard InChI is InChI=1S/C15H23N3O5S/c1-11(15(16)19)17-6-8-18(9-7-17)24(20,21)12-4-5-13(22-2)14(10-12)23-3/h4-5,10-11H,6-9H2,1-3H3,(H2,16,19). The van der Waals surface area contributed by atoms with Crippen LogP contribution in [0, 0.1) is 0 Å². The van der Waals surface area contributed by atoms with E-state index in [-0.39, 0.29) is 4.90 Å². The Morgan fingerprint density at radius 2 is 1.71 bits per heavy atom. The number of primary amides is 1. The average Bonchev–Trinajstić information content (AvgIpc) is 2.60. The van der Waals surface area contributed by atoms with E-state index in [0.29, 0.717) is 37.7 Å². The van der Waals surface area contributed by atoms with E-state index < -0.39 is 22.0 Å². The Kier molecular flexibility index (Phi) is 5.68. The van der Waals surface area contributed by atoms with Crippen molar-refractivity contribution in [3.63, 3.8) is 0 Å². The molecule has 1 aromatic carbocycles. The van der Waals surface area contributed by atoms with Gasteiger partial charge in [0.2, 0.25) is 15.9 Å². The number of piperazine rings is 1. The molecule has 2 rings (SSSR count). The van der Waals surface area contributed by atoms with Crippen molar-refractivity contribution in [2.75, 3.05) is 40.4 Å². The molecule has 1 amide bonds. The zero-order valence-corrected chi connectivity index (χ0v) is 14.9. The zero-order valence-electron chi connectivity index (χ0n) is 14.1. The van der Waals surface area contributed by atoms with Crippen LogP contribution in [0.2, 0.25) is 0 Å². The third-order valence-electron chi connectivity index (χ3n) is 4.23. The number of sulfonamides is 1. The maximum absolute atomic E-state index is 12.8. The number of rotatable bonds is 6. The number of hydrogen-bond acceptors (Lipinski definition) is 6. The second-order valence-electron chi connectivity index (χ2n) is 5.54. The Morgan fingerprint density at radius 3 is 2.21 bits per heavy atom. The van der Waals surface area contributed by atoms with Crippen molar-refractivity contribution in [2.45, 2.75) is 17.9 Å². The van der Waals surface area contributed by atoms with Crippen LogP contribution in [-0.2, 0) is 14.8 Å². The minimum absolute atomic E-state index is 0.150. The molecular weight excluding hydrogens is 334 g/mol. The van der Waals surface area contributed by atoms with E-state index in [0.717, 1.165) is 0 Å². The van der Waals surface area contributed by atoms with Gasteiger partial charge in [-0.2, -0.15) is 4.31 Å². The number of nitrogens with zero attached hydrogens (tertiary/aromatic N) is 2. The SMILES string of the molecule is COc1ccc(S(=O)(=O)N2CCN(C(C)C(N)=O)CC2)cc1OC. The van der Waals surface area contributed by atoms with Crippen molar-refractivity contribution in [2.24, 2.45) is 5.73 Å². The van der Waals surface area contributed by atoms with E-state index >= 15 is 0 Å². The molecule has 0 saturated carbocycles. The lowest BCUT2D eigenvalue weighted by molar-refractivity contribution is -0.123. The van der Waals surface area contributed by atoms with E-state index in [4.69, 9.17) is 15.2 Å². The van der Waals surface area contributed by atoms with Crippen molar-refractivity contribution in [1.29, 1.82) is 0 Å². The van der Waals surface area contributed by atoms with Crippen molar-refractivity contribution in [3.05, 3.63) is 18.2 Å². The van der Waals surface area contributed by atoms with E-state index in [9.17, 15) is 13.2 Å². The predicted octanol–water partition coefficient (Wildman–Crippen LogP) is -0.116. The van der Waals surface area contributed by atoms with Gasteiger partial charge in [-0.1, -0.05) is 0 Å². The molecule has 0 spiro atoms. The summed E-state index contributed by atoms with van der Waals surface area (Å²) >= 11 is 0. The molecule has 1 atom stereocenters. The van der Waals surface area contributed by atoms with E-state index in [1.54, 1.807) is 13.0 Å². The second kappa shape index (κ2) is 7.37. The highest BCUT2D eigenvalue weighted by molar-refractivity contribution is 7.89. The Labute approximate surface area is 142 Å². The summed E-state index contributed by atoms with van der Waals surface area (Å²) in [5.74, 6) is 0.419. The number of methoxy groups -OCH3 is 2. The first kappa shape index (κ1) is 18.5. The minimum atomic E-state index is -3.63. The fraction of sp³-hybridized carbons (Fsp3) is 0.533. The van der Waals surface area contributed by atoms with Gasteiger partial charge < -0.3 is 15.2 Å². The Bertz CT molecular complexity index is 699. The second-order valence-corrected chi connectivity index (χ2v) is 7.47. The topological polar surface area (TPSA) is 102 Å². The number of hydrogen-bond donors (Lipinski definition) is 1. The molecule has 1 aliphatic heterocycles. The Balaban J connectivity index is 2.16. The van der Waals surface area contributed by atoms with Crippen molar-refractivity contribution in [1.82, 2.24) is 9.21 Å². The van der Waals surface area contributed by atoms with Crippen LogP contribution in [-0.4, -0.2) is 70.0 Å². The summed E-state index contributed by atoms with van der Waals surface area (Å²) in [6.45, 7) is 3.23. The summed E-state index contributed by atoms with van der Waals surface area (Å²) in [5.41, 5.74) is 5.30. The number of ether oxygens (including phenoxy) is 2. The monoisotopic (exact) mass is 357 g/mol. The summed E-state index contributed by atoms with van der Waals surface area (Å²) in [4.78, 5) is 13.3. The maximum atomic E-state index is 12.8. The lowest BCUT2D eigenvalue weighted by Gasteiger charge is -2.36. The third kappa shape index (κ3) is 3.63. The highest BCUT2D eigenvalue weighted by atomic mass is 32.2. The van der Waals surface area contributed by atoms with Crippen LogP contribution in [0.1, 0.15) is 6.92 Å². The molecule has 1 aromatic rings. The molecule has 0 aromatic heterocycles. The van der Waals surface area contributed by atoms with Crippen LogP contribution in [0.3, 0.4) is 0 Å².